The second kappa shape index (κ2) is 8.10. The fourth-order valence-electron chi connectivity index (χ4n) is 2.03. The van der Waals surface area contributed by atoms with Crippen LogP contribution in [-0.2, 0) is 0 Å². The first-order valence-electron chi connectivity index (χ1n) is 6.89. The molecular formula is C16H13F2IN2O4. The highest BCUT2D eigenvalue weighted by Crippen LogP contribution is 2.43. The molecule has 0 radical (unpaired) electrons. The summed E-state index contributed by atoms with van der Waals surface area (Å²) in [7, 11) is 1.21. The van der Waals surface area contributed by atoms with E-state index < -0.39 is 27.9 Å². The van der Waals surface area contributed by atoms with Gasteiger partial charge < -0.3 is 14.8 Å². The quantitative estimate of drug-likeness (QED) is 0.277. The highest BCUT2D eigenvalue weighted by Gasteiger charge is 2.29. The maximum atomic E-state index is 14.6. The van der Waals surface area contributed by atoms with Gasteiger partial charge in [-0.3, -0.25) is 10.1 Å². The van der Waals surface area contributed by atoms with Crippen molar-refractivity contribution in [2.45, 2.75) is 0 Å². The second-order valence-corrected chi connectivity index (χ2v) is 5.97. The maximum Gasteiger partial charge on any atom is 0.337 e. The lowest BCUT2D eigenvalue weighted by Crippen LogP contribution is -2.06. The number of hydrogen-bond acceptors (Lipinski definition) is 5. The Labute approximate surface area is 155 Å². The molecule has 0 atom stereocenters. The van der Waals surface area contributed by atoms with Crippen molar-refractivity contribution in [3.8, 4) is 11.5 Å². The van der Waals surface area contributed by atoms with Crippen LogP contribution in [0.1, 0.15) is 0 Å². The van der Waals surface area contributed by atoms with Crippen molar-refractivity contribution in [1.29, 1.82) is 0 Å². The number of nitro benzene ring substituents is 1. The lowest BCUT2D eigenvalue weighted by atomic mass is 10.2. The van der Waals surface area contributed by atoms with Crippen LogP contribution >= 0.6 is 22.6 Å². The van der Waals surface area contributed by atoms with Crippen LogP contribution in [0.2, 0.25) is 0 Å². The number of nitro groups is 1. The summed E-state index contributed by atoms with van der Waals surface area (Å²) in [5.41, 5.74) is -1.34. The van der Waals surface area contributed by atoms with Crippen molar-refractivity contribution in [1.82, 2.24) is 0 Å². The van der Waals surface area contributed by atoms with Gasteiger partial charge in [-0.2, -0.15) is 0 Å². The fourth-order valence-corrected chi connectivity index (χ4v) is 2.48. The summed E-state index contributed by atoms with van der Waals surface area (Å²) in [6.45, 7) is 3.42. The first-order chi connectivity index (χ1) is 11.9. The number of benzene rings is 2. The lowest BCUT2D eigenvalue weighted by Gasteiger charge is -2.14. The number of methoxy groups -OCH3 is 1. The average Bonchev–Trinajstić information content (AvgIpc) is 2.56. The molecule has 0 fully saturated rings. The average molecular weight is 462 g/mol. The molecule has 0 aliphatic carbocycles. The molecule has 0 unspecified atom stereocenters. The van der Waals surface area contributed by atoms with Crippen LogP contribution in [0.3, 0.4) is 0 Å². The third-order valence-electron chi connectivity index (χ3n) is 3.12. The van der Waals surface area contributed by atoms with E-state index in [0.717, 1.165) is 6.07 Å². The number of anilines is 2. The van der Waals surface area contributed by atoms with Gasteiger partial charge in [-0.1, -0.05) is 12.7 Å². The Morgan fingerprint density at radius 1 is 1.36 bits per heavy atom. The molecule has 132 valence electrons. The first-order valence-corrected chi connectivity index (χ1v) is 7.97. The monoisotopic (exact) mass is 462 g/mol. The van der Waals surface area contributed by atoms with Crippen molar-refractivity contribution < 1.29 is 23.2 Å². The summed E-state index contributed by atoms with van der Waals surface area (Å²) >= 11 is 1.91. The minimum Gasteiger partial charge on any atom is -0.493 e. The minimum atomic E-state index is -1.03. The van der Waals surface area contributed by atoms with Gasteiger partial charge in [0.1, 0.15) is 12.4 Å². The molecule has 25 heavy (non-hydrogen) atoms. The standard InChI is InChI=1S/C16H13F2IN2O4/c1-3-6-25-13-8-12(24-2)14(18)15(16(13)21(22)23)20-11-5-4-9(19)7-10(11)17/h3-5,7-8,20H,1,6H2,2H3. The van der Waals surface area contributed by atoms with Crippen molar-refractivity contribution in [2.75, 3.05) is 19.0 Å². The van der Waals surface area contributed by atoms with Gasteiger partial charge in [-0.05, 0) is 40.8 Å². The molecular weight excluding hydrogens is 449 g/mol. The first kappa shape index (κ1) is 18.9. The van der Waals surface area contributed by atoms with E-state index in [1.807, 2.05) is 22.6 Å². The molecule has 0 spiro atoms. The number of rotatable bonds is 7. The van der Waals surface area contributed by atoms with Gasteiger partial charge in [0.15, 0.2) is 17.3 Å². The number of nitrogens with zero attached hydrogens (tertiary/aromatic N) is 1. The van der Waals surface area contributed by atoms with Crippen molar-refractivity contribution in [3.63, 3.8) is 0 Å². The largest absolute Gasteiger partial charge is 0.493 e. The van der Waals surface area contributed by atoms with E-state index in [-0.39, 0.29) is 23.8 Å². The zero-order valence-electron chi connectivity index (χ0n) is 13.0. The number of halogens is 3. The molecule has 0 saturated carbocycles. The second-order valence-electron chi connectivity index (χ2n) is 4.72. The molecule has 9 heteroatoms. The van der Waals surface area contributed by atoms with Crippen LogP contribution in [0.5, 0.6) is 11.5 Å². The molecule has 0 aromatic heterocycles. The van der Waals surface area contributed by atoms with Crippen LogP contribution in [0, 0.1) is 25.3 Å². The number of nitrogens with one attached hydrogen (secondary N) is 1. The molecule has 0 aliphatic rings. The molecule has 2 rings (SSSR count). The van der Waals surface area contributed by atoms with E-state index in [2.05, 4.69) is 11.9 Å². The van der Waals surface area contributed by atoms with E-state index in [0.29, 0.717) is 3.57 Å². The molecule has 0 saturated heterocycles. The lowest BCUT2D eigenvalue weighted by molar-refractivity contribution is -0.385. The van der Waals surface area contributed by atoms with Crippen LogP contribution in [-0.4, -0.2) is 18.6 Å². The Balaban J connectivity index is 2.63. The van der Waals surface area contributed by atoms with E-state index in [1.54, 1.807) is 6.07 Å². The Morgan fingerprint density at radius 2 is 2.08 bits per heavy atom. The zero-order valence-corrected chi connectivity index (χ0v) is 15.2. The summed E-state index contributed by atoms with van der Waals surface area (Å²) in [5, 5.41) is 13.9. The van der Waals surface area contributed by atoms with Crippen molar-refractivity contribution >= 4 is 39.7 Å². The third-order valence-corrected chi connectivity index (χ3v) is 3.79. The normalized spacial score (nSPS) is 10.2. The summed E-state index contributed by atoms with van der Waals surface area (Å²) in [5.74, 6) is -2.22. The number of hydrogen-bond donors (Lipinski definition) is 1. The van der Waals surface area contributed by atoms with Crippen molar-refractivity contribution in [3.05, 3.63) is 62.2 Å². The molecule has 0 aliphatic heterocycles. The SMILES string of the molecule is C=CCOc1cc(OC)c(F)c(Nc2ccc(I)cc2F)c1[N+](=O)[O-]. The predicted octanol–water partition coefficient (Wildman–Crippen LogP) is 4.79. The molecule has 6 nitrogen and oxygen atoms in total. The Hall–Kier alpha value is -2.43. The Morgan fingerprint density at radius 3 is 2.64 bits per heavy atom. The zero-order chi connectivity index (χ0) is 18.6. The van der Waals surface area contributed by atoms with E-state index in [4.69, 9.17) is 9.47 Å². The highest BCUT2D eigenvalue weighted by molar-refractivity contribution is 14.1. The molecule has 0 bridgehead atoms. The predicted molar refractivity (Wildman–Crippen MR) is 97.7 cm³/mol. The fraction of sp³-hybridized carbons (Fsp3) is 0.125. The molecule has 2 aromatic carbocycles. The molecule has 0 heterocycles. The molecule has 1 N–H and O–H groups in total. The third kappa shape index (κ3) is 4.16. The van der Waals surface area contributed by atoms with Crippen LogP contribution in [0.4, 0.5) is 25.8 Å². The molecule has 0 amide bonds. The van der Waals surface area contributed by atoms with E-state index >= 15 is 0 Å². The highest BCUT2D eigenvalue weighted by atomic mass is 127. The topological polar surface area (TPSA) is 73.6 Å². The smallest absolute Gasteiger partial charge is 0.337 e. The van der Waals surface area contributed by atoms with Crippen LogP contribution < -0.4 is 14.8 Å². The van der Waals surface area contributed by atoms with Gasteiger partial charge in [0, 0.05) is 9.64 Å². The van der Waals surface area contributed by atoms with E-state index in [9.17, 15) is 18.9 Å². The van der Waals surface area contributed by atoms with Gasteiger partial charge >= 0.3 is 5.69 Å². The summed E-state index contributed by atoms with van der Waals surface area (Å²) in [4.78, 5) is 10.6. The Kier molecular flexibility index (Phi) is 6.12. The van der Waals surface area contributed by atoms with Crippen molar-refractivity contribution in [2.24, 2.45) is 0 Å². The summed E-state index contributed by atoms with van der Waals surface area (Å²) < 4.78 is 39.4. The van der Waals surface area contributed by atoms with Crippen LogP contribution in [0.15, 0.2) is 36.9 Å². The van der Waals surface area contributed by atoms with Gasteiger partial charge in [0.2, 0.25) is 5.75 Å². The van der Waals surface area contributed by atoms with Gasteiger partial charge in [-0.15, -0.1) is 0 Å². The van der Waals surface area contributed by atoms with Crippen LogP contribution in [0.25, 0.3) is 0 Å². The van der Waals surface area contributed by atoms with E-state index in [1.165, 1.54) is 25.3 Å². The Bertz CT molecular complexity index is 830. The maximum absolute atomic E-state index is 14.6. The van der Waals surface area contributed by atoms with Gasteiger partial charge in [-0.25, -0.2) is 8.78 Å². The summed E-state index contributed by atoms with van der Waals surface area (Å²) in [6, 6.07) is 5.20. The van der Waals surface area contributed by atoms with Gasteiger partial charge in [0.05, 0.1) is 17.7 Å². The summed E-state index contributed by atoms with van der Waals surface area (Å²) in [6.07, 6.45) is 1.38. The minimum absolute atomic E-state index is 0.0348. The molecule has 2 aromatic rings. The van der Waals surface area contributed by atoms with Gasteiger partial charge in [0.25, 0.3) is 0 Å². The number of ether oxygens (including phenoxy) is 2.